The first kappa shape index (κ1) is 13.9. The van der Waals surface area contributed by atoms with Gasteiger partial charge >= 0.3 is 6.18 Å². The lowest BCUT2D eigenvalue weighted by atomic mass is 10.1. The van der Waals surface area contributed by atoms with Gasteiger partial charge in [-0.15, -0.1) is 10.2 Å². The Balaban J connectivity index is 2.00. The van der Waals surface area contributed by atoms with Crippen molar-refractivity contribution in [2.75, 3.05) is 5.73 Å². The van der Waals surface area contributed by atoms with Crippen LogP contribution in [-0.4, -0.2) is 14.8 Å². The van der Waals surface area contributed by atoms with Gasteiger partial charge in [0.15, 0.2) is 5.82 Å². The minimum Gasteiger partial charge on any atom is -0.398 e. The minimum absolute atomic E-state index is 0.0667. The maximum atomic E-state index is 12.7. The van der Waals surface area contributed by atoms with Crippen molar-refractivity contribution in [3.8, 4) is 11.4 Å². The summed E-state index contributed by atoms with van der Waals surface area (Å²) in [7, 11) is 0. The first-order chi connectivity index (χ1) is 9.97. The Hall–Kier alpha value is -2.05. The average molecular weight is 296 g/mol. The molecule has 1 fully saturated rings. The smallest absolute Gasteiger partial charge is 0.398 e. The summed E-state index contributed by atoms with van der Waals surface area (Å²) in [5.74, 6) is 0.535. The van der Waals surface area contributed by atoms with Gasteiger partial charge in [0.1, 0.15) is 6.33 Å². The second-order valence-corrected chi connectivity index (χ2v) is 5.30. The molecule has 0 saturated heterocycles. The van der Waals surface area contributed by atoms with Crippen molar-refractivity contribution in [3.05, 3.63) is 30.1 Å². The van der Waals surface area contributed by atoms with E-state index in [1.165, 1.54) is 6.07 Å². The van der Waals surface area contributed by atoms with Gasteiger partial charge in [0, 0.05) is 17.3 Å². The minimum atomic E-state index is -4.40. The van der Waals surface area contributed by atoms with Crippen LogP contribution in [-0.2, 0) is 6.18 Å². The van der Waals surface area contributed by atoms with E-state index in [4.69, 9.17) is 5.73 Å². The van der Waals surface area contributed by atoms with Crippen LogP contribution in [0.25, 0.3) is 11.4 Å². The van der Waals surface area contributed by atoms with Gasteiger partial charge in [-0.1, -0.05) is 12.8 Å². The second kappa shape index (κ2) is 5.05. The van der Waals surface area contributed by atoms with E-state index in [1.807, 2.05) is 4.57 Å². The van der Waals surface area contributed by atoms with Crippen molar-refractivity contribution < 1.29 is 13.2 Å². The molecule has 1 aromatic carbocycles. The van der Waals surface area contributed by atoms with E-state index in [0.29, 0.717) is 17.4 Å². The van der Waals surface area contributed by atoms with Crippen molar-refractivity contribution in [1.29, 1.82) is 0 Å². The number of nitrogens with zero attached hydrogens (tertiary/aromatic N) is 3. The molecule has 2 N–H and O–H groups in total. The molecular formula is C14H15F3N4. The van der Waals surface area contributed by atoms with Gasteiger partial charge in [0.2, 0.25) is 0 Å². The van der Waals surface area contributed by atoms with E-state index in [0.717, 1.165) is 37.8 Å². The zero-order chi connectivity index (χ0) is 15.0. The number of hydrogen-bond acceptors (Lipinski definition) is 3. The maximum absolute atomic E-state index is 12.7. The highest BCUT2D eigenvalue weighted by molar-refractivity contribution is 5.72. The summed E-state index contributed by atoms with van der Waals surface area (Å²) in [5.41, 5.74) is 5.60. The number of halogens is 3. The number of rotatable bonds is 2. The molecule has 1 aromatic heterocycles. The Morgan fingerprint density at radius 3 is 2.52 bits per heavy atom. The van der Waals surface area contributed by atoms with E-state index in [-0.39, 0.29) is 5.69 Å². The number of aromatic nitrogens is 3. The molecular weight excluding hydrogens is 281 g/mol. The van der Waals surface area contributed by atoms with E-state index in [9.17, 15) is 13.2 Å². The third-order valence-electron chi connectivity index (χ3n) is 3.91. The molecule has 0 bridgehead atoms. The summed E-state index contributed by atoms with van der Waals surface area (Å²) in [6, 6.07) is 3.65. The highest BCUT2D eigenvalue weighted by Gasteiger charge is 2.31. The molecule has 2 aromatic rings. The molecule has 0 unspecified atom stereocenters. The Kier molecular flexibility index (Phi) is 3.35. The Morgan fingerprint density at radius 2 is 1.90 bits per heavy atom. The van der Waals surface area contributed by atoms with Crippen LogP contribution >= 0.6 is 0 Å². The fourth-order valence-electron chi connectivity index (χ4n) is 2.83. The predicted octanol–water partition coefficient (Wildman–Crippen LogP) is 3.66. The van der Waals surface area contributed by atoms with Crippen molar-refractivity contribution >= 4 is 5.69 Å². The first-order valence-electron chi connectivity index (χ1n) is 6.83. The molecule has 1 saturated carbocycles. The van der Waals surface area contributed by atoms with Crippen LogP contribution in [0.5, 0.6) is 0 Å². The van der Waals surface area contributed by atoms with Crippen LogP contribution in [0.1, 0.15) is 37.3 Å². The SMILES string of the molecule is Nc1cc(C(F)(F)F)ccc1-c1nncn1C1CCCC1. The number of benzene rings is 1. The Labute approximate surface area is 119 Å². The standard InChI is InChI=1S/C14H15F3N4/c15-14(16,17)9-5-6-11(12(18)7-9)13-20-19-8-21(13)10-3-1-2-4-10/h5-8,10H,1-4,18H2. The quantitative estimate of drug-likeness (QED) is 0.860. The molecule has 0 spiro atoms. The van der Waals surface area contributed by atoms with Gasteiger partial charge in [0.25, 0.3) is 0 Å². The fourth-order valence-corrected chi connectivity index (χ4v) is 2.83. The van der Waals surface area contributed by atoms with Crippen LogP contribution in [0, 0.1) is 0 Å². The van der Waals surface area contributed by atoms with Gasteiger partial charge in [0.05, 0.1) is 5.56 Å². The van der Waals surface area contributed by atoms with Crippen LogP contribution in [0.3, 0.4) is 0 Å². The number of alkyl halides is 3. The van der Waals surface area contributed by atoms with Gasteiger partial charge in [-0.05, 0) is 31.0 Å². The van der Waals surface area contributed by atoms with Gasteiger partial charge in [-0.25, -0.2) is 0 Å². The molecule has 1 heterocycles. The number of hydrogen-bond donors (Lipinski definition) is 1. The Bertz CT molecular complexity index is 642. The van der Waals surface area contributed by atoms with E-state index < -0.39 is 11.7 Å². The number of anilines is 1. The molecule has 21 heavy (non-hydrogen) atoms. The third kappa shape index (κ3) is 2.59. The predicted molar refractivity (Wildman–Crippen MR) is 72.4 cm³/mol. The topological polar surface area (TPSA) is 56.7 Å². The third-order valence-corrected chi connectivity index (χ3v) is 3.91. The highest BCUT2D eigenvalue weighted by Crippen LogP contribution is 2.36. The molecule has 1 aliphatic rings. The summed E-state index contributed by atoms with van der Waals surface area (Å²) >= 11 is 0. The lowest BCUT2D eigenvalue weighted by Crippen LogP contribution is -2.09. The van der Waals surface area contributed by atoms with Crippen LogP contribution in [0.15, 0.2) is 24.5 Å². The molecule has 0 atom stereocenters. The zero-order valence-electron chi connectivity index (χ0n) is 11.3. The molecule has 112 valence electrons. The second-order valence-electron chi connectivity index (χ2n) is 5.30. The van der Waals surface area contributed by atoms with Crippen molar-refractivity contribution in [2.45, 2.75) is 37.9 Å². The van der Waals surface area contributed by atoms with Crippen LogP contribution in [0.4, 0.5) is 18.9 Å². The van der Waals surface area contributed by atoms with E-state index in [2.05, 4.69) is 10.2 Å². The first-order valence-corrected chi connectivity index (χ1v) is 6.83. The zero-order valence-corrected chi connectivity index (χ0v) is 11.3. The van der Waals surface area contributed by atoms with E-state index >= 15 is 0 Å². The largest absolute Gasteiger partial charge is 0.416 e. The maximum Gasteiger partial charge on any atom is 0.416 e. The fraction of sp³-hybridized carbons (Fsp3) is 0.429. The number of nitrogens with two attached hydrogens (primary N) is 1. The van der Waals surface area contributed by atoms with Crippen molar-refractivity contribution in [3.63, 3.8) is 0 Å². The Morgan fingerprint density at radius 1 is 1.19 bits per heavy atom. The van der Waals surface area contributed by atoms with Gasteiger partial charge in [-0.3, -0.25) is 0 Å². The summed E-state index contributed by atoms with van der Waals surface area (Å²) < 4.78 is 40.0. The molecule has 4 nitrogen and oxygen atoms in total. The molecule has 0 amide bonds. The average Bonchev–Trinajstić information content (AvgIpc) is 3.08. The van der Waals surface area contributed by atoms with Gasteiger partial charge < -0.3 is 10.3 Å². The number of nitrogen functional groups attached to an aromatic ring is 1. The summed E-state index contributed by atoms with van der Waals surface area (Å²) in [6.07, 6.45) is 1.58. The molecule has 0 aliphatic heterocycles. The molecule has 0 radical (unpaired) electrons. The summed E-state index contributed by atoms with van der Waals surface area (Å²) in [4.78, 5) is 0. The van der Waals surface area contributed by atoms with Crippen LogP contribution < -0.4 is 5.73 Å². The highest BCUT2D eigenvalue weighted by atomic mass is 19.4. The lowest BCUT2D eigenvalue weighted by molar-refractivity contribution is -0.137. The van der Waals surface area contributed by atoms with Crippen LogP contribution in [0.2, 0.25) is 0 Å². The van der Waals surface area contributed by atoms with E-state index in [1.54, 1.807) is 6.33 Å². The lowest BCUT2D eigenvalue weighted by Gasteiger charge is -2.15. The molecule has 1 aliphatic carbocycles. The summed E-state index contributed by atoms with van der Waals surface area (Å²) in [6.45, 7) is 0. The van der Waals surface area contributed by atoms with Crippen molar-refractivity contribution in [2.24, 2.45) is 0 Å². The monoisotopic (exact) mass is 296 g/mol. The molecule has 3 rings (SSSR count). The van der Waals surface area contributed by atoms with Gasteiger partial charge in [-0.2, -0.15) is 13.2 Å². The normalized spacial score (nSPS) is 16.5. The van der Waals surface area contributed by atoms with Crippen molar-refractivity contribution in [1.82, 2.24) is 14.8 Å². The summed E-state index contributed by atoms with van der Waals surface area (Å²) in [5, 5.41) is 7.93. The molecule has 7 heteroatoms.